The Morgan fingerprint density at radius 3 is 1.32 bits per heavy atom. The van der Waals surface area contributed by atoms with Crippen LogP contribution in [0, 0.1) is 0 Å². The zero-order valence-corrected chi connectivity index (χ0v) is 37.1. The highest BCUT2D eigenvalue weighted by Crippen LogP contribution is 2.48. The van der Waals surface area contributed by atoms with Crippen LogP contribution in [0.1, 0.15) is 22.9 Å². The molecule has 0 saturated carbocycles. The molecule has 3 heteroatoms. The molecule has 68 heavy (non-hydrogen) atoms. The number of nitrogens with one attached hydrogen (secondary N) is 1. The molecule has 0 fully saturated rings. The summed E-state index contributed by atoms with van der Waals surface area (Å²) in [4.78, 5) is 10.2. The van der Waals surface area contributed by atoms with Gasteiger partial charge in [0.25, 0.3) is 0 Å². The highest BCUT2D eigenvalue weighted by atomic mass is 15.2. The monoisotopic (exact) mass is 865 g/mol. The number of benzene rings is 11. The minimum absolute atomic E-state index is 0.305. The molecule has 0 bridgehead atoms. The van der Waals surface area contributed by atoms with E-state index in [2.05, 4.69) is 230 Å². The molecule has 13 rings (SSSR count). The molecule has 0 saturated heterocycles. The van der Waals surface area contributed by atoms with Crippen molar-refractivity contribution in [3.8, 4) is 77.9 Å². The number of hydrogen-bond acceptors (Lipinski definition) is 3. The lowest BCUT2D eigenvalue weighted by atomic mass is 9.91. The maximum Gasteiger partial charge on any atom is 0.159 e. The van der Waals surface area contributed by atoms with E-state index in [0.29, 0.717) is 5.84 Å². The first-order valence-electron chi connectivity index (χ1n) is 23.3. The molecule has 1 N–H and O–H groups in total. The van der Waals surface area contributed by atoms with Crippen LogP contribution in [0.25, 0.3) is 99.4 Å². The highest BCUT2D eigenvalue weighted by molar-refractivity contribution is 6.16. The van der Waals surface area contributed by atoms with Gasteiger partial charge >= 0.3 is 0 Å². The fourth-order valence-corrected chi connectivity index (χ4v) is 10.3. The summed E-state index contributed by atoms with van der Waals surface area (Å²) in [7, 11) is 0. The van der Waals surface area contributed by atoms with Crippen molar-refractivity contribution in [1.29, 1.82) is 0 Å². The number of hydrogen-bond donors (Lipinski definition) is 1. The number of amidine groups is 2. The Bertz CT molecular complexity index is 3750. The van der Waals surface area contributed by atoms with Gasteiger partial charge in [0.15, 0.2) is 5.84 Å². The molecule has 3 nitrogen and oxygen atoms in total. The topological polar surface area (TPSA) is 36.8 Å². The van der Waals surface area contributed by atoms with E-state index in [1.807, 2.05) is 24.3 Å². The maximum atomic E-state index is 5.14. The Morgan fingerprint density at radius 1 is 0.294 bits per heavy atom. The largest absolute Gasteiger partial charge is 0.344 e. The SMILES string of the molecule is c1ccc(C2=NC(c3ccc(-c4cccc5c(-c6ccc(-c7ccc(-c8ccc9c(c8)-c8cccc%10cccc-9c8%10)cc7)cc6)cccc45)cc3)NC(c3ccc(-c4ccccc4)cc3)=N2)cc1. The van der Waals surface area contributed by atoms with E-state index in [1.165, 1.54) is 93.9 Å². The second-order valence-electron chi connectivity index (χ2n) is 17.7. The average Bonchev–Trinajstić information content (AvgIpc) is 3.75. The Morgan fingerprint density at radius 2 is 0.735 bits per heavy atom. The van der Waals surface area contributed by atoms with Gasteiger partial charge in [0.05, 0.1) is 0 Å². The molecular formula is C65H43N3. The van der Waals surface area contributed by atoms with Crippen LogP contribution >= 0.6 is 0 Å². The second-order valence-corrected chi connectivity index (χ2v) is 17.7. The summed E-state index contributed by atoms with van der Waals surface area (Å²) in [6, 6.07) is 89.6. The minimum Gasteiger partial charge on any atom is -0.344 e. The lowest BCUT2D eigenvalue weighted by Crippen LogP contribution is -2.33. The highest BCUT2D eigenvalue weighted by Gasteiger charge is 2.23. The van der Waals surface area contributed by atoms with E-state index in [-0.39, 0.29) is 6.17 Å². The van der Waals surface area contributed by atoms with Crippen molar-refractivity contribution in [3.63, 3.8) is 0 Å². The molecule has 1 heterocycles. The lowest BCUT2D eigenvalue weighted by Gasteiger charge is -2.24. The Kier molecular flexibility index (Phi) is 9.57. The summed E-state index contributed by atoms with van der Waals surface area (Å²) < 4.78 is 0. The average molecular weight is 866 g/mol. The third kappa shape index (κ3) is 7.01. The third-order valence-electron chi connectivity index (χ3n) is 13.8. The molecule has 0 aromatic heterocycles. The molecule has 1 aliphatic carbocycles. The van der Waals surface area contributed by atoms with Crippen LogP contribution < -0.4 is 5.32 Å². The Hall–Kier alpha value is -8.92. The van der Waals surface area contributed by atoms with E-state index in [1.54, 1.807) is 0 Å². The molecule has 1 atom stereocenters. The van der Waals surface area contributed by atoms with Crippen molar-refractivity contribution in [3.05, 3.63) is 265 Å². The van der Waals surface area contributed by atoms with Crippen LogP contribution in [-0.2, 0) is 0 Å². The smallest absolute Gasteiger partial charge is 0.159 e. The quantitative estimate of drug-likeness (QED) is 0.162. The molecule has 318 valence electrons. The van der Waals surface area contributed by atoms with Gasteiger partial charge in [0.2, 0.25) is 0 Å². The van der Waals surface area contributed by atoms with Crippen LogP contribution in [0.5, 0.6) is 0 Å². The second kappa shape index (κ2) is 16.5. The molecule has 2 aliphatic rings. The van der Waals surface area contributed by atoms with Crippen molar-refractivity contribution in [2.24, 2.45) is 9.98 Å². The van der Waals surface area contributed by atoms with Crippen LogP contribution in [0.2, 0.25) is 0 Å². The van der Waals surface area contributed by atoms with Crippen LogP contribution in [0.3, 0.4) is 0 Å². The molecule has 0 spiro atoms. The predicted octanol–water partition coefficient (Wildman–Crippen LogP) is 16.5. The molecule has 1 unspecified atom stereocenters. The summed E-state index contributed by atoms with van der Waals surface area (Å²) in [5.41, 5.74) is 20.4. The van der Waals surface area contributed by atoms with E-state index < -0.39 is 0 Å². The summed E-state index contributed by atoms with van der Waals surface area (Å²) in [5.74, 6) is 1.51. The fourth-order valence-electron chi connectivity index (χ4n) is 10.3. The van der Waals surface area contributed by atoms with Gasteiger partial charge in [-0.3, -0.25) is 0 Å². The van der Waals surface area contributed by atoms with Gasteiger partial charge in [0.1, 0.15) is 12.0 Å². The van der Waals surface area contributed by atoms with Gasteiger partial charge in [-0.1, -0.05) is 243 Å². The van der Waals surface area contributed by atoms with Gasteiger partial charge in [0, 0.05) is 11.1 Å². The predicted molar refractivity (Wildman–Crippen MR) is 285 cm³/mol. The first kappa shape index (κ1) is 39.4. The van der Waals surface area contributed by atoms with E-state index in [4.69, 9.17) is 9.98 Å². The van der Waals surface area contributed by atoms with E-state index >= 15 is 0 Å². The maximum absolute atomic E-state index is 5.14. The lowest BCUT2D eigenvalue weighted by molar-refractivity contribution is 0.674. The molecular weight excluding hydrogens is 823 g/mol. The zero-order chi connectivity index (χ0) is 45.0. The summed E-state index contributed by atoms with van der Waals surface area (Å²) in [6.45, 7) is 0. The molecule has 11 aromatic carbocycles. The first-order valence-corrected chi connectivity index (χ1v) is 23.3. The number of aliphatic imine (C=N–C) groups is 2. The fraction of sp³-hybridized carbons (Fsp3) is 0.0154. The van der Waals surface area contributed by atoms with Gasteiger partial charge in [-0.15, -0.1) is 0 Å². The van der Waals surface area contributed by atoms with Crippen LogP contribution in [0.15, 0.2) is 259 Å². The molecule has 11 aromatic rings. The van der Waals surface area contributed by atoms with Crippen LogP contribution in [0.4, 0.5) is 0 Å². The van der Waals surface area contributed by atoms with Gasteiger partial charge < -0.3 is 5.32 Å². The summed E-state index contributed by atoms with van der Waals surface area (Å²) in [6.07, 6.45) is -0.305. The third-order valence-corrected chi connectivity index (χ3v) is 13.8. The van der Waals surface area contributed by atoms with Crippen molar-refractivity contribution in [1.82, 2.24) is 5.32 Å². The number of rotatable bonds is 8. The first-order chi connectivity index (χ1) is 33.7. The Balaban J connectivity index is 0.751. The Labute approximate surface area is 396 Å². The molecule has 0 amide bonds. The van der Waals surface area contributed by atoms with Crippen molar-refractivity contribution >= 4 is 33.2 Å². The van der Waals surface area contributed by atoms with Crippen molar-refractivity contribution in [2.75, 3.05) is 0 Å². The van der Waals surface area contributed by atoms with Crippen LogP contribution in [-0.4, -0.2) is 11.7 Å². The molecule has 1 aliphatic heterocycles. The van der Waals surface area contributed by atoms with Gasteiger partial charge in [-0.25, -0.2) is 9.98 Å². The normalized spacial score (nSPS) is 13.7. The summed E-state index contributed by atoms with van der Waals surface area (Å²) in [5, 5.41) is 8.77. The van der Waals surface area contributed by atoms with Crippen molar-refractivity contribution in [2.45, 2.75) is 6.17 Å². The minimum atomic E-state index is -0.305. The summed E-state index contributed by atoms with van der Waals surface area (Å²) >= 11 is 0. The van der Waals surface area contributed by atoms with Gasteiger partial charge in [-0.05, 0) is 111 Å². The van der Waals surface area contributed by atoms with Gasteiger partial charge in [-0.2, -0.15) is 0 Å². The number of fused-ring (bicyclic) bond motifs is 4. The zero-order valence-electron chi connectivity index (χ0n) is 37.1. The van der Waals surface area contributed by atoms with Crippen molar-refractivity contribution < 1.29 is 0 Å². The van der Waals surface area contributed by atoms with E-state index in [0.717, 1.165) is 28.1 Å². The van der Waals surface area contributed by atoms with E-state index in [9.17, 15) is 0 Å². The standard InChI is InChI=1S/C65H43N3/c1-3-11-42(12-4-1)43-29-35-51(36-30-43)64-66-63(50-13-5-2-6-14-50)67-65(68-64)52-37-33-48(34-38-52)55-18-10-19-56-54(17-9-20-57(55)56)47-31-27-45(28-32-47)44-23-25-46(26-24-44)53-39-40-58-59-21-7-15-49-16-8-22-60(62(49)59)61(58)41-53/h1-41,65H,(H,66,67,68). The number of nitrogens with zero attached hydrogens (tertiary/aromatic N) is 2. The molecule has 0 radical (unpaired) electrons.